The molecule has 0 amide bonds. The van der Waals surface area contributed by atoms with Crippen molar-refractivity contribution < 1.29 is 14.2 Å². The van der Waals surface area contributed by atoms with Crippen LogP contribution < -0.4 is 10.1 Å². The molecule has 33 heavy (non-hydrogen) atoms. The second kappa shape index (κ2) is 8.43. The van der Waals surface area contributed by atoms with Crippen molar-refractivity contribution in [3.05, 3.63) is 117 Å². The van der Waals surface area contributed by atoms with E-state index in [0.717, 1.165) is 28.1 Å². The molecule has 3 atom stereocenters. The average molecular weight is 441 g/mol. The van der Waals surface area contributed by atoms with Crippen molar-refractivity contribution in [3.63, 3.8) is 0 Å². The molecule has 4 aromatic rings. The van der Waals surface area contributed by atoms with Gasteiger partial charge in [0.1, 0.15) is 5.75 Å². The molecule has 0 unspecified atom stereocenters. The predicted octanol–water partition coefficient (Wildman–Crippen LogP) is 5.98. The fourth-order valence-corrected chi connectivity index (χ4v) is 4.82. The zero-order valence-corrected chi connectivity index (χ0v) is 18.3. The molecular formula is C26H23N3O4. The maximum absolute atomic E-state index is 12.0. The number of ether oxygens (including phenoxy) is 1. The molecule has 0 saturated carbocycles. The van der Waals surface area contributed by atoms with Gasteiger partial charge in [0.15, 0.2) is 5.69 Å². The summed E-state index contributed by atoms with van der Waals surface area (Å²) in [5, 5.41) is 19.6. The van der Waals surface area contributed by atoms with E-state index >= 15 is 0 Å². The minimum atomic E-state index is -0.405. The minimum Gasteiger partial charge on any atom is -0.497 e. The smallest absolute Gasteiger partial charge is 0.334 e. The molecule has 1 N–H and O–H groups in total. The van der Waals surface area contributed by atoms with Crippen molar-refractivity contribution in [2.45, 2.75) is 24.8 Å². The van der Waals surface area contributed by atoms with Crippen LogP contribution in [-0.4, -0.2) is 17.2 Å². The lowest BCUT2D eigenvalue weighted by molar-refractivity contribution is -0.386. The number of aromatic nitrogens is 1. The summed E-state index contributed by atoms with van der Waals surface area (Å²) in [4.78, 5) is 11.6. The normalized spacial score (nSPS) is 19.4. The van der Waals surface area contributed by atoms with Gasteiger partial charge in [0.2, 0.25) is 5.76 Å². The number of nitro groups is 1. The second-order valence-corrected chi connectivity index (χ2v) is 8.13. The molecule has 166 valence electrons. The number of anilines is 1. The molecule has 2 heterocycles. The van der Waals surface area contributed by atoms with Crippen LogP contribution in [0.15, 0.2) is 83.4 Å². The van der Waals surface area contributed by atoms with Crippen LogP contribution in [-0.2, 0) is 0 Å². The molecule has 0 bridgehead atoms. The van der Waals surface area contributed by atoms with E-state index in [1.54, 1.807) is 14.0 Å². The van der Waals surface area contributed by atoms with E-state index in [1.165, 1.54) is 0 Å². The van der Waals surface area contributed by atoms with Crippen LogP contribution in [0, 0.1) is 17.0 Å². The minimum absolute atomic E-state index is 0.0689. The summed E-state index contributed by atoms with van der Waals surface area (Å²) in [5.41, 5.74) is 4.26. The van der Waals surface area contributed by atoms with Gasteiger partial charge in [-0.1, -0.05) is 65.8 Å². The van der Waals surface area contributed by atoms with E-state index in [4.69, 9.17) is 9.26 Å². The van der Waals surface area contributed by atoms with Crippen molar-refractivity contribution >= 4 is 11.4 Å². The number of fused-ring (bicyclic) bond motifs is 1. The Morgan fingerprint density at radius 1 is 0.970 bits per heavy atom. The maximum atomic E-state index is 12.0. The monoisotopic (exact) mass is 441 g/mol. The van der Waals surface area contributed by atoms with Crippen molar-refractivity contribution in [2.75, 3.05) is 12.4 Å². The summed E-state index contributed by atoms with van der Waals surface area (Å²) in [7, 11) is 1.63. The van der Waals surface area contributed by atoms with Crippen LogP contribution in [0.25, 0.3) is 0 Å². The Morgan fingerprint density at radius 3 is 2.36 bits per heavy atom. The van der Waals surface area contributed by atoms with E-state index in [0.29, 0.717) is 0 Å². The topological polar surface area (TPSA) is 90.4 Å². The fraction of sp³-hybridized carbons (Fsp3) is 0.192. The van der Waals surface area contributed by atoms with Gasteiger partial charge in [-0.2, -0.15) is 0 Å². The molecule has 0 spiro atoms. The first-order valence-electron chi connectivity index (χ1n) is 10.7. The molecule has 7 heteroatoms. The second-order valence-electron chi connectivity index (χ2n) is 8.13. The Morgan fingerprint density at radius 2 is 1.67 bits per heavy atom. The van der Waals surface area contributed by atoms with Gasteiger partial charge in [-0.3, -0.25) is 10.1 Å². The third-order valence-electron chi connectivity index (χ3n) is 6.30. The van der Waals surface area contributed by atoms with E-state index in [1.807, 2.05) is 72.8 Å². The molecule has 1 aliphatic rings. The highest BCUT2D eigenvalue weighted by Gasteiger charge is 2.45. The highest BCUT2D eigenvalue weighted by atomic mass is 16.6. The molecule has 0 aliphatic carbocycles. The molecule has 5 rings (SSSR count). The lowest BCUT2D eigenvalue weighted by Gasteiger charge is -2.40. The zero-order chi connectivity index (χ0) is 22.9. The molecule has 7 nitrogen and oxygen atoms in total. The van der Waals surface area contributed by atoms with Gasteiger partial charge in [0, 0.05) is 11.6 Å². The summed E-state index contributed by atoms with van der Waals surface area (Å²) in [6, 6.07) is 25.6. The Hall–Kier alpha value is -4.13. The summed E-state index contributed by atoms with van der Waals surface area (Å²) in [6.07, 6.45) is 0. The quantitative estimate of drug-likeness (QED) is 0.303. The molecule has 0 radical (unpaired) electrons. The molecule has 3 aromatic carbocycles. The van der Waals surface area contributed by atoms with Crippen LogP contribution in [0.5, 0.6) is 5.75 Å². The molecular weight excluding hydrogens is 418 g/mol. The van der Waals surface area contributed by atoms with Gasteiger partial charge in [-0.15, -0.1) is 0 Å². The Bertz CT molecular complexity index is 1280. The number of nitrogens with one attached hydrogen (secondary N) is 1. The van der Waals surface area contributed by atoms with Crippen LogP contribution in [0.1, 0.15) is 46.0 Å². The standard InChI is InChI=1S/C26H23N3O4/c1-16-25(29(30)31)26(33-28-16)23-22(17-12-14-19(32-2)15-13-17)20-10-6-7-11-21(20)27-24(23)18-8-4-3-5-9-18/h3-15,22-24,27H,1-2H3/t22-,23+,24+/m1/s1. The summed E-state index contributed by atoms with van der Waals surface area (Å²) < 4.78 is 11.1. The first-order valence-corrected chi connectivity index (χ1v) is 10.7. The van der Waals surface area contributed by atoms with Crippen molar-refractivity contribution in [1.29, 1.82) is 0 Å². The Labute approximate surface area is 191 Å². The van der Waals surface area contributed by atoms with E-state index in [2.05, 4.69) is 16.5 Å². The van der Waals surface area contributed by atoms with Crippen LogP contribution in [0.4, 0.5) is 11.4 Å². The molecule has 0 fully saturated rings. The number of hydrogen-bond donors (Lipinski definition) is 1. The molecule has 1 aliphatic heterocycles. The van der Waals surface area contributed by atoms with Gasteiger partial charge in [0.25, 0.3) is 0 Å². The van der Waals surface area contributed by atoms with Crippen molar-refractivity contribution in [1.82, 2.24) is 5.16 Å². The summed E-state index contributed by atoms with van der Waals surface area (Å²) in [5.74, 6) is 0.412. The van der Waals surface area contributed by atoms with E-state index < -0.39 is 10.8 Å². The van der Waals surface area contributed by atoms with Gasteiger partial charge < -0.3 is 14.6 Å². The zero-order valence-electron chi connectivity index (χ0n) is 18.3. The lowest BCUT2D eigenvalue weighted by Crippen LogP contribution is -2.31. The third-order valence-corrected chi connectivity index (χ3v) is 6.30. The van der Waals surface area contributed by atoms with Crippen LogP contribution in [0.2, 0.25) is 0 Å². The van der Waals surface area contributed by atoms with Crippen molar-refractivity contribution in [3.8, 4) is 5.75 Å². The third kappa shape index (κ3) is 3.61. The van der Waals surface area contributed by atoms with Crippen molar-refractivity contribution in [2.24, 2.45) is 0 Å². The Kier molecular flexibility index (Phi) is 5.30. The first kappa shape index (κ1) is 20.8. The molecule has 1 aromatic heterocycles. The SMILES string of the molecule is COc1ccc([C@@H]2c3ccccc3N[C@@H](c3ccccc3)[C@H]2c2onc(C)c2[N+](=O)[O-])cc1. The first-order chi connectivity index (χ1) is 16.1. The number of aryl methyl sites for hydroxylation is 1. The molecule has 0 saturated heterocycles. The van der Waals surface area contributed by atoms with Crippen LogP contribution in [0.3, 0.4) is 0 Å². The lowest BCUT2D eigenvalue weighted by atomic mass is 9.70. The highest BCUT2D eigenvalue weighted by molar-refractivity contribution is 5.63. The number of benzene rings is 3. The highest BCUT2D eigenvalue weighted by Crippen LogP contribution is 2.54. The predicted molar refractivity (Wildman–Crippen MR) is 125 cm³/mol. The number of rotatable bonds is 5. The number of nitrogens with zero attached hydrogens (tertiary/aromatic N) is 2. The van der Waals surface area contributed by atoms with E-state index in [9.17, 15) is 10.1 Å². The average Bonchev–Trinajstić information content (AvgIpc) is 3.24. The summed E-state index contributed by atoms with van der Waals surface area (Å²) >= 11 is 0. The van der Waals surface area contributed by atoms with Gasteiger partial charge >= 0.3 is 5.69 Å². The van der Waals surface area contributed by atoms with Gasteiger partial charge in [0.05, 0.1) is 24.0 Å². The maximum Gasteiger partial charge on any atom is 0.334 e. The largest absolute Gasteiger partial charge is 0.497 e. The van der Waals surface area contributed by atoms with Gasteiger partial charge in [-0.25, -0.2) is 0 Å². The van der Waals surface area contributed by atoms with Crippen LogP contribution >= 0.6 is 0 Å². The number of hydrogen-bond acceptors (Lipinski definition) is 6. The summed E-state index contributed by atoms with van der Waals surface area (Å²) in [6.45, 7) is 1.61. The van der Waals surface area contributed by atoms with Gasteiger partial charge in [-0.05, 0) is 41.8 Å². The Balaban J connectivity index is 1.77. The number of para-hydroxylation sites is 1. The fourth-order valence-electron chi connectivity index (χ4n) is 4.82. The number of methoxy groups -OCH3 is 1. The van der Waals surface area contributed by atoms with E-state index in [-0.39, 0.29) is 29.1 Å².